The molecular formula is C17H24NO7-. The molecule has 1 aromatic carbocycles. The summed E-state index contributed by atoms with van der Waals surface area (Å²) in [5, 5.41) is 13.7. The number of alkyl carbamates (subject to hydrolysis) is 1. The second kappa shape index (κ2) is 8.46. The molecule has 1 N–H and O–H groups in total. The molecule has 0 aliphatic rings. The number of methoxy groups -OCH3 is 3. The van der Waals surface area contributed by atoms with Gasteiger partial charge in [0.15, 0.2) is 11.5 Å². The Kier molecular flexibility index (Phi) is 6.90. The van der Waals surface area contributed by atoms with Crippen LogP contribution in [0.1, 0.15) is 38.8 Å². The van der Waals surface area contributed by atoms with Crippen LogP contribution in [0.15, 0.2) is 12.1 Å². The average molecular weight is 354 g/mol. The van der Waals surface area contributed by atoms with E-state index in [2.05, 4.69) is 5.32 Å². The lowest BCUT2D eigenvalue weighted by atomic mass is 10.0. The number of amides is 1. The second-order valence-corrected chi connectivity index (χ2v) is 6.20. The van der Waals surface area contributed by atoms with Crippen LogP contribution in [-0.2, 0) is 9.53 Å². The van der Waals surface area contributed by atoms with E-state index in [0.29, 0.717) is 11.3 Å². The summed E-state index contributed by atoms with van der Waals surface area (Å²) in [6, 6.07) is 2.25. The normalized spacial score (nSPS) is 12.1. The molecule has 8 nitrogen and oxygen atoms in total. The number of rotatable bonds is 7. The van der Waals surface area contributed by atoms with Crippen LogP contribution in [0, 0.1) is 0 Å². The van der Waals surface area contributed by atoms with Crippen molar-refractivity contribution in [3.05, 3.63) is 17.7 Å². The number of carbonyl (C=O) groups excluding carboxylic acids is 2. The minimum absolute atomic E-state index is 0.254. The molecule has 8 heteroatoms. The van der Waals surface area contributed by atoms with Gasteiger partial charge in [0.1, 0.15) is 5.60 Å². The summed E-state index contributed by atoms with van der Waals surface area (Å²) in [6.45, 7) is 5.12. The Morgan fingerprint density at radius 1 is 1.08 bits per heavy atom. The molecule has 0 radical (unpaired) electrons. The Hall–Kier alpha value is -2.64. The van der Waals surface area contributed by atoms with Crippen LogP contribution in [-0.4, -0.2) is 39.0 Å². The summed E-state index contributed by atoms with van der Waals surface area (Å²) in [5.74, 6) is -0.383. The van der Waals surface area contributed by atoms with Gasteiger partial charge in [0, 0.05) is 18.0 Å². The van der Waals surface area contributed by atoms with Gasteiger partial charge in [-0.1, -0.05) is 0 Å². The standard InChI is InChI=1S/C17H25NO7/c1-17(2,3)25-16(21)18-11(9-13(19)20)10-7-8-12(22-4)15(24-6)14(10)23-5/h7-8,11H,9H2,1-6H3,(H,18,21)(H,19,20)/p-1/t11-/m1/s1. The molecule has 1 atom stereocenters. The maximum Gasteiger partial charge on any atom is 0.408 e. The summed E-state index contributed by atoms with van der Waals surface area (Å²) in [5.41, 5.74) is -0.326. The molecular weight excluding hydrogens is 330 g/mol. The first-order chi connectivity index (χ1) is 11.6. The third-order valence-electron chi connectivity index (χ3n) is 3.17. The lowest BCUT2D eigenvalue weighted by molar-refractivity contribution is -0.306. The second-order valence-electron chi connectivity index (χ2n) is 6.20. The first-order valence-corrected chi connectivity index (χ1v) is 7.61. The summed E-state index contributed by atoms with van der Waals surface area (Å²) < 4.78 is 21.0. The van der Waals surface area contributed by atoms with E-state index in [-0.39, 0.29) is 11.5 Å². The van der Waals surface area contributed by atoms with Crippen LogP contribution in [0.5, 0.6) is 17.2 Å². The molecule has 1 amide bonds. The molecule has 0 fully saturated rings. The minimum Gasteiger partial charge on any atom is -0.550 e. The molecule has 1 rings (SSSR count). The predicted octanol–water partition coefficient (Wildman–Crippen LogP) is 1.42. The van der Waals surface area contributed by atoms with Crippen LogP contribution in [0.2, 0.25) is 0 Å². The van der Waals surface area contributed by atoms with Gasteiger partial charge in [-0.3, -0.25) is 0 Å². The molecule has 0 saturated heterocycles. The first kappa shape index (κ1) is 20.4. The van der Waals surface area contributed by atoms with E-state index >= 15 is 0 Å². The van der Waals surface area contributed by atoms with Crippen molar-refractivity contribution in [2.75, 3.05) is 21.3 Å². The van der Waals surface area contributed by atoms with Crippen LogP contribution < -0.4 is 24.6 Å². The summed E-state index contributed by atoms with van der Waals surface area (Å²) in [6.07, 6.45) is -1.22. The zero-order valence-electron chi connectivity index (χ0n) is 15.3. The molecule has 140 valence electrons. The minimum atomic E-state index is -1.34. The predicted molar refractivity (Wildman–Crippen MR) is 87.8 cm³/mol. The quantitative estimate of drug-likeness (QED) is 0.789. The number of carboxylic acid groups (broad SMARTS) is 1. The summed E-state index contributed by atoms with van der Waals surface area (Å²) in [4.78, 5) is 23.2. The highest BCUT2D eigenvalue weighted by Gasteiger charge is 2.26. The number of hydrogen-bond donors (Lipinski definition) is 1. The molecule has 0 spiro atoms. The van der Waals surface area contributed by atoms with Crippen molar-refractivity contribution in [1.82, 2.24) is 5.32 Å². The Labute approximate surface area is 147 Å². The van der Waals surface area contributed by atoms with Gasteiger partial charge < -0.3 is 34.2 Å². The number of carboxylic acids is 1. The van der Waals surface area contributed by atoms with Crippen molar-refractivity contribution in [2.45, 2.75) is 38.8 Å². The molecule has 0 bridgehead atoms. The monoisotopic (exact) mass is 354 g/mol. The van der Waals surface area contributed by atoms with Gasteiger partial charge in [0.05, 0.1) is 27.4 Å². The van der Waals surface area contributed by atoms with Crippen molar-refractivity contribution >= 4 is 12.1 Å². The van der Waals surface area contributed by atoms with Gasteiger partial charge in [-0.15, -0.1) is 0 Å². The number of ether oxygens (including phenoxy) is 4. The fraction of sp³-hybridized carbons (Fsp3) is 0.529. The largest absolute Gasteiger partial charge is 0.550 e. The van der Waals surface area contributed by atoms with Crippen molar-refractivity contribution in [2.24, 2.45) is 0 Å². The lowest BCUT2D eigenvalue weighted by Crippen LogP contribution is -2.37. The fourth-order valence-corrected chi connectivity index (χ4v) is 2.25. The van der Waals surface area contributed by atoms with Gasteiger partial charge in [-0.25, -0.2) is 4.79 Å². The van der Waals surface area contributed by atoms with E-state index in [9.17, 15) is 14.7 Å². The van der Waals surface area contributed by atoms with Crippen LogP contribution in [0.3, 0.4) is 0 Å². The van der Waals surface area contributed by atoms with Gasteiger partial charge in [-0.2, -0.15) is 0 Å². The molecule has 0 aliphatic carbocycles. The van der Waals surface area contributed by atoms with E-state index in [0.717, 1.165) is 0 Å². The number of nitrogens with one attached hydrogen (secondary N) is 1. The third-order valence-corrected chi connectivity index (χ3v) is 3.17. The fourth-order valence-electron chi connectivity index (χ4n) is 2.25. The zero-order chi connectivity index (χ0) is 19.2. The maximum atomic E-state index is 12.1. The Balaban J connectivity index is 3.27. The van der Waals surface area contributed by atoms with Gasteiger partial charge in [0.25, 0.3) is 0 Å². The lowest BCUT2D eigenvalue weighted by Gasteiger charge is -2.26. The van der Waals surface area contributed by atoms with E-state index < -0.39 is 30.1 Å². The number of benzene rings is 1. The van der Waals surface area contributed by atoms with Crippen LogP contribution in [0.4, 0.5) is 4.79 Å². The van der Waals surface area contributed by atoms with Crippen molar-refractivity contribution < 1.29 is 33.6 Å². The molecule has 0 aromatic heterocycles. The smallest absolute Gasteiger partial charge is 0.408 e. The Bertz CT molecular complexity index is 622. The van der Waals surface area contributed by atoms with E-state index in [1.54, 1.807) is 32.9 Å². The van der Waals surface area contributed by atoms with Crippen molar-refractivity contribution in [3.63, 3.8) is 0 Å². The average Bonchev–Trinajstić information content (AvgIpc) is 2.50. The molecule has 0 unspecified atom stereocenters. The van der Waals surface area contributed by atoms with E-state index in [1.807, 2.05) is 0 Å². The summed E-state index contributed by atoms with van der Waals surface area (Å²) in [7, 11) is 4.30. The Morgan fingerprint density at radius 2 is 1.68 bits per heavy atom. The van der Waals surface area contributed by atoms with Gasteiger partial charge in [-0.05, 0) is 32.9 Å². The zero-order valence-corrected chi connectivity index (χ0v) is 15.3. The van der Waals surface area contributed by atoms with Crippen LogP contribution >= 0.6 is 0 Å². The van der Waals surface area contributed by atoms with Gasteiger partial charge >= 0.3 is 6.09 Å². The Morgan fingerprint density at radius 3 is 2.12 bits per heavy atom. The highest BCUT2D eigenvalue weighted by atomic mass is 16.6. The molecule has 0 aliphatic heterocycles. The number of aliphatic carboxylic acids is 1. The van der Waals surface area contributed by atoms with Gasteiger partial charge in [0.2, 0.25) is 5.75 Å². The number of carbonyl (C=O) groups is 2. The molecule has 0 saturated carbocycles. The van der Waals surface area contributed by atoms with Crippen molar-refractivity contribution in [1.29, 1.82) is 0 Å². The molecule has 0 heterocycles. The number of hydrogen-bond acceptors (Lipinski definition) is 7. The van der Waals surface area contributed by atoms with Crippen molar-refractivity contribution in [3.8, 4) is 17.2 Å². The SMILES string of the molecule is COc1ccc([C@@H](CC(=O)[O-])NC(=O)OC(C)(C)C)c(OC)c1OC. The van der Waals surface area contributed by atoms with E-state index in [4.69, 9.17) is 18.9 Å². The van der Waals surface area contributed by atoms with Crippen LogP contribution in [0.25, 0.3) is 0 Å². The third kappa shape index (κ3) is 5.74. The maximum absolute atomic E-state index is 12.1. The van der Waals surface area contributed by atoms with E-state index in [1.165, 1.54) is 21.3 Å². The topological polar surface area (TPSA) is 106 Å². The highest BCUT2D eigenvalue weighted by molar-refractivity contribution is 5.72. The molecule has 25 heavy (non-hydrogen) atoms. The highest BCUT2D eigenvalue weighted by Crippen LogP contribution is 2.42. The first-order valence-electron chi connectivity index (χ1n) is 7.61. The summed E-state index contributed by atoms with van der Waals surface area (Å²) >= 11 is 0. The molecule has 1 aromatic rings.